The van der Waals surface area contributed by atoms with Gasteiger partial charge in [0.05, 0.1) is 35.9 Å². The second kappa shape index (κ2) is 18.3. The van der Waals surface area contributed by atoms with Gasteiger partial charge >= 0.3 is 12.1 Å². The number of carbonyl (C=O) groups is 4. The van der Waals surface area contributed by atoms with Crippen molar-refractivity contribution in [1.82, 2.24) is 14.7 Å². The van der Waals surface area contributed by atoms with Gasteiger partial charge in [-0.15, -0.1) is 0 Å². The first-order valence-electron chi connectivity index (χ1n) is 21.7. The van der Waals surface area contributed by atoms with E-state index < -0.39 is 83.4 Å². The van der Waals surface area contributed by atoms with Gasteiger partial charge in [0, 0.05) is 44.0 Å². The molecule has 4 fully saturated rings. The van der Waals surface area contributed by atoms with Crippen molar-refractivity contribution in [2.75, 3.05) is 34.3 Å². The average Bonchev–Trinajstić information content (AvgIpc) is 3.48. The molecule has 0 spiro atoms. The maximum atomic E-state index is 14.9. The summed E-state index contributed by atoms with van der Waals surface area (Å²) >= 11 is 0. The molecule has 0 radical (unpaired) electrons. The maximum absolute atomic E-state index is 14.9. The number of ketones is 2. The number of likely N-dealkylation sites (N-methyl/N-ethyl adjacent to an activating group) is 1. The first-order valence-corrected chi connectivity index (χ1v) is 21.7. The number of fused-ring (bicyclic) bond motifs is 1. The van der Waals surface area contributed by atoms with Crippen molar-refractivity contribution in [1.29, 1.82) is 0 Å². The number of hydrogen-bond donors (Lipinski definition) is 1. The van der Waals surface area contributed by atoms with E-state index in [2.05, 4.69) is 29.2 Å². The van der Waals surface area contributed by atoms with E-state index in [9.17, 15) is 24.3 Å². The molecule has 2 aromatic carbocycles. The molecule has 1 amide bonds. The standard InChI is InChI=1S/C47H67N3O10/c1-12-36-47(8)41(50(45(55)60-47)34-25-49(26-34)37(32-19-15-13-16-20-32)33-21-17-14-18-22-33)29(4)38(51)27(2)24-46(7,56-11)42(30(5)39(52)31(6)43(54)58-36)59-44-40(53)35(48(9)10)23-28(3)57-44/h13-22,27-31,34-37,40-42,44,53H,12,23-26H2,1-11H3/t27-,28+,29-,30+,31+,35-,36-,40-,41+,42-,44-,46?,47?/m0/s1. The van der Waals surface area contributed by atoms with E-state index in [1.165, 1.54) is 14.0 Å². The van der Waals surface area contributed by atoms with E-state index in [0.717, 1.165) is 11.1 Å². The molecule has 2 aromatic rings. The number of nitrogens with zero attached hydrogens (tertiary/aromatic N) is 3. The van der Waals surface area contributed by atoms with Crippen molar-refractivity contribution in [2.24, 2.45) is 23.7 Å². The summed E-state index contributed by atoms with van der Waals surface area (Å²) in [5.74, 6) is -4.95. The molecule has 0 aliphatic carbocycles. The summed E-state index contributed by atoms with van der Waals surface area (Å²) in [5, 5.41) is 11.5. The molecular weight excluding hydrogens is 767 g/mol. The highest BCUT2D eigenvalue weighted by molar-refractivity contribution is 6.00. The zero-order chi connectivity index (χ0) is 43.8. The average molecular weight is 834 g/mol. The van der Waals surface area contributed by atoms with E-state index in [-0.39, 0.29) is 42.9 Å². The number of esters is 1. The predicted octanol–water partition coefficient (Wildman–Crippen LogP) is 5.66. The van der Waals surface area contributed by atoms with Gasteiger partial charge < -0.3 is 33.7 Å². The molecule has 0 bridgehead atoms. The topological polar surface area (TPSA) is 144 Å². The van der Waals surface area contributed by atoms with Crippen LogP contribution in [0.2, 0.25) is 0 Å². The second-order valence-corrected chi connectivity index (χ2v) is 18.4. The SMILES string of the molecule is CC[C@@H]1OC(=O)[C@H](C)C(=O)[C@@H](C)[C@H](O[C@@H]2O[C@H](C)C[C@H](N(C)C)[C@@H]2O)C(C)(OC)C[C@H](C)C(=O)[C@H](C)[C@H]2N(C3CN(C(c4ccccc4)c4ccccc4)C3)C(=O)OC12C. The summed E-state index contributed by atoms with van der Waals surface area (Å²) < 4.78 is 31.6. The molecule has 13 heteroatoms. The highest BCUT2D eigenvalue weighted by Crippen LogP contribution is 2.46. The van der Waals surface area contributed by atoms with E-state index in [0.29, 0.717) is 19.5 Å². The number of amides is 1. The summed E-state index contributed by atoms with van der Waals surface area (Å²) in [6.07, 6.45) is -4.05. The monoisotopic (exact) mass is 833 g/mol. The third-order valence-corrected chi connectivity index (χ3v) is 14.0. The van der Waals surface area contributed by atoms with Crippen LogP contribution in [0.3, 0.4) is 0 Å². The fourth-order valence-corrected chi connectivity index (χ4v) is 10.5. The fraction of sp³-hybridized carbons (Fsp3) is 0.660. The maximum Gasteiger partial charge on any atom is 0.411 e. The van der Waals surface area contributed by atoms with Crippen molar-refractivity contribution < 1.29 is 48.0 Å². The largest absolute Gasteiger partial charge is 0.458 e. The van der Waals surface area contributed by atoms with E-state index in [1.54, 1.807) is 25.7 Å². The highest BCUT2D eigenvalue weighted by Gasteiger charge is 2.63. The Hall–Kier alpha value is -3.72. The number of benzene rings is 2. The molecule has 330 valence electrons. The lowest BCUT2D eigenvalue weighted by Gasteiger charge is -2.50. The zero-order valence-corrected chi connectivity index (χ0v) is 37.3. The van der Waals surface area contributed by atoms with Crippen LogP contribution in [-0.4, -0.2) is 138 Å². The van der Waals surface area contributed by atoms with Gasteiger partial charge in [-0.05, 0) is 72.2 Å². The normalized spacial score (nSPS) is 37.7. The molecule has 13 atom stereocenters. The molecule has 0 aromatic heterocycles. The lowest BCUT2D eigenvalue weighted by Crippen LogP contribution is -2.66. The van der Waals surface area contributed by atoms with Crippen LogP contribution < -0.4 is 0 Å². The molecule has 4 heterocycles. The second-order valence-electron chi connectivity index (χ2n) is 18.4. The molecule has 4 saturated heterocycles. The summed E-state index contributed by atoms with van der Waals surface area (Å²) in [5.41, 5.74) is -0.438. The van der Waals surface area contributed by atoms with Crippen LogP contribution in [0.25, 0.3) is 0 Å². The van der Waals surface area contributed by atoms with Crippen LogP contribution in [0.4, 0.5) is 4.79 Å². The van der Waals surface area contributed by atoms with Crippen molar-refractivity contribution in [3.8, 4) is 0 Å². The van der Waals surface area contributed by atoms with E-state index in [4.69, 9.17) is 23.7 Å². The minimum Gasteiger partial charge on any atom is -0.458 e. The molecule has 1 N–H and O–H groups in total. The van der Waals surface area contributed by atoms with Gasteiger partial charge in [-0.3, -0.25) is 24.2 Å². The van der Waals surface area contributed by atoms with Gasteiger partial charge in [-0.1, -0.05) is 88.4 Å². The number of cyclic esters (lactones) is 1. The van der Waals surface area contributed by atoms with Gasteiger partial charge in [0.2, 0.25) is 0 Å². The number of aliphatic hydroxyl groups excluding tert-OH is 1. The van der Waals surface area contributed by atoms with Crippen LogP contribution in [-0.2, 0) is 38.1 Å². The van der Waals surface area contributed by atoms with Crippen molar-refractivity contribution in [3.05, 3.63) is 71.8 Å². The molecule has 6 rings (SSSR count). The number of carbonyl (C=O) groups excluding carboxylic acids is 4. The van der Waals surface area contributed by atoms with E-state index in [1.807, 2.05) is 83.1 Å². The van der Waals surface area contributed by atoms with Crippen LogP contribution in [0.1, 0.15) is 91.8 Å². The van der Waals surface area contributed by atoms with Gasteiger partial charge in [-0.25, -0.2) is 4.79 Å². The van der Waals surface area contributed by atoms with Crippen LogP contribution in [0, 0.1) is 23.7 Å². The molecule has 0 saturated carbocycles. The number of aliphatic hydroxyl groups is 1. The fourth-order valence-electron chi connectivity index (χ4n) is 10.5. The summed E-state index contributed by atoms with van der Waals surface area (Å²) in [4.78, 5) is 63.7. The zero-order valence-electron chi connectivity index (χ0n) is 37.3. The number of hydrogen-bond acceptors (Lipinski definition) is 12. The number of rotatable bonds is 9. The lowest BCUT2D eigenvalue weighted by atomic mass is 9.73. The summed E-state index contributed by atoms with van der Waals surface area (Å²) in [7, 11) is 5.26. The Bertz CT molecular complexity index is 1790. The number of ether oxygens (including phenoxy) is 5. The third kappa shape index (κ3) is 8.67. The Morgan fingerprint density at radius 3 is 2.00 bits per heavy atom. The molecule has 2 unspecified atom stereocenters. The third-order valence-electron chi connectivity index (χ3n) is 14.0. The predicted molar refractivity (Wildman–Crippen MR) is 225 cm³/mol. The van der Waals surface area contributed by atoms with Crippen LogP contribution in [0.5, 0.6) is 0 Å². The molecule has 4 aliphatic heterocycles. The highest BCUT2D eigenvalue weighted by atomic mass is 16.7. The van der Waals surface area contributed by atoms with Gasteiger partial charge in [0.1, 0.15) is 23.9 Å². The number of methoxy groups -OCH3 is 1. The Balaban J connectivity index is 1.35. The Kier molecular flexibility index (Phi) is 14.0. The molecule has 13 nitrogen and oxygen atoms in total. The van der Waals surface area contributed by atoms with Gasteiger partial charge in [0.25, 0.3) is 0 Å². The van der Waals surface area contributed by atoms with Crippen molar-refractivity contribution in [3.63, 3.8) is 0 Å². The van der Waals surface area contributed by atoms with Crippen LogP contribution in [0.15, 0.2) is 60.7 Å². The number of Topliss-reactive ketones (excluding diaryl/α,β-unsaturated/α-hetero) is 2. The molecule has 4 aliphatic rings. The van der Waals surface area contributed by atoms with Crippen molar-refractivity contribution in [2.45, 2.75) is 141 Å². The van der Waals surface area contributed by atoms with E-state index >= 15 is 0 Å². The first-order chi connectivity index (χ1) is 28.4. The smallest absolute Gasteiger partial charge is 0.411 e. The molecular formula is C47H67N3O10. The van der Waals surface area contributed by atoms with Gasteiger partial charge in [-0.2, -0.15) is 0 Å². The van der Waals surface area contributed by atoms with Crippen molar-refractivity contribution >= 4 is 23.6 Å². The lowest BCUT2D eigenvalue weighted by molar-refractivity contribution is -0.295. The minimum atomic E-state index is -1.42. The summed E-state index contributed by atoms with van der Waals surface area (Å²) in [6.45, 7) is 15.2. The minimum absolute atomic E-state index is 0.0542. The Labute approximate surface area is 356 Å². The first kappa shape index (κ1) is 45.8. The Morgan fingerprint density at radius 2 is 1.47 bits per heavy atom. The van der Waals surface area contributed by atoms with Gasteiger partial charge in [0.15, 0.2) is 17.7 Å². The quantitative estimate of drug-likeness (QED) is 0.246. The molecule has 60 heavy (non-hydrogen) atoms. The van der Waals surface area contributed by atoms with Crippen LogP contribution >= 0.6 is 0 Å². The summed E-state index contributed by atoms with van der Waals surface area (Å²) in [6, 6.07) is 19.1. The number of likely N-dealkylation sites (tertiary alicyclic amines) is 1. The Morgan fingerprint density at radius 1 is 0.883 bits per heavy atom.